The molecule has 1 aliphatic rings. The van der Waals surface area contributed by atoms with Crippen LogP contribution in [0.3, 0.4) is 0 Å². The Labute approximate surface area is 162 Å². The van der Waals surface area contributed by atoms with Gasteiger partial charge in [0.25, 0.3) is 11.8 Å². The number of ether oxygens (including phenoxy) is 2. The van der Waals surface area contributed by atoms with Crippen LogP contribution in [-0.2, 0) is 17.6 Å². The third kappa shape index (κ3) is 4.24. The number of carbonyl (C=O) groups excluding carboxylic acids is 2. The molecule has 2 amide bonds. The Hall–Kier alpha value is -2.54. The molecular weight excluding hydrogens is 364 g/mol. The van der Waals surface area contributed by atoms with Crippen LogP contribution in [0.25, 0.3) is 0 Å². The van der Waals surface area contributed by atoms with Gasteiger partial charge in [-0.1, -0.05) is 13.0 Å². The van der Waals surface area contributed by atoms with Gasteiger partial charge in [-0.2, -0.15) is 0 Å². The third-order valence-corrected chi connectivity index (χ3v) is 5.89. The number of anilines is 1. The molecule has 3 rings (SSSR count). The van der Waals surface area contributed by atoms with Gasteiger partial charge >= 0.3 is 0 Å². The van der Waals surface area contributed by atoms with E-state index in [1.165, 1.54) is 11.3 Å². The fourth-order valence-corrected chi connectivity index (χ4v) is 4.66. The topological polar surface area (TPSA) is 90.7 Å². The molecule has 7 heteroatoms. The summed E-state index contributed by atoms with van der Waals surface area (Å²) < 4.78 is 10.9. The van der Waals surface area contributed by atoms with Crippen molar-refractivity contribution in [3.63, 3.8) is 0 Å². The molecule has 1 aromatic heterocycles. The average molecular weight is 388 g/mol. The van der Waals surface area contributed by atoms with Crippen molar-refractivity contribution in [1.82, 2.24) is 0 Å². The first-order chi connectivity index (χ1) is 12.9. The molecule has 2 aromatic rings. The molecule has 0 saturated heterocycles. The number of nitrogens with one attached hydrogen (secondary N) is 1. The van der Waals surface area contributed by atoms with Crippen molar-refractivity contribution in [3.8, 4) is 11.5 Å². The number of nitrogens with two attached hydrogens (primary N) is 1. The van der Waals surface area contributed by atoms with Crippen molar-refractivity contribution in [2.75, 3.05) is 12.4 Å². The van der Waals surface area contributed by atoms with Crippen LogP contribution in [0.5, 0.6) is 11.5 Å². The highest BCUT2D eigenvalue weighted by atomic mass is 32.1. The van der Waals surface area contributed by atoms with E-state index < -0.39 is 12.0 Å². The second kappa shape index (κ2) is 8.00. The largest absolute Gasteiger partial charge is 0.497 e. The normalized spacial score (nSPS) is 16.9. The maximum atomic E-state index is 12.6. The predicted octanol–water partition coefficient (Wildman–Crippen LogP) is 3.39. The van der Waals surface area contributed by atoms with Crippen LogP contribution >= 0.6 is 11.3 Å². The zero-order chi connectivity index (χ0) is 19.6. The first-order valence-corrected chi connectivity index (χ1v) is 9.76. The molecular formula is C20H24N2O4S. The van der Waals surface area contributed by atoms with Crippen LogP contribution in [0.15, 0.2) is 24.3 Å². The standard InChI is InChI=1S/C20H24N2O4S/c1-11-7-8-15-16(9-11)27-20(17(15)18(21)23)22-19(24)12(2)26-14-6-4-5-13(10-14)25-3/h4-6,10-12H,7-9H2,1-3H3,(H2,21,23)(H,22,24). The van der Waals surface area contributed by atoms with Gasteiger partial charge in [0.1, 0.15) is 16.5 Å². The van der Waals surface area contributed by atoms with Crippen LogP contribution in [-0.4, -0.2) is 25.0 Å². The zero-order valence-electron chi connectivity index (χ0n) is 15.7. The minimum Gasteiger partial charge on any atom is -0.497 e. The molecule has 0 spiro atoms. The molecule has 3 N–H and O–H groups in total. The predicted molar refractivity (Wildman–Crippen MR) is 106 cm³/mol. The van der Waals surface area contributed by atoms with E-state index in [1.54, 1.807) is 38.3 Å². The number of carbonyl (C=O) groups is 2. The van der Waals surface area contributed by atoms with Crippen molar-refractivity contribution in [1.29, 1.82) is 0 Å². The minimum atomic E-state index is -0.740. The smallest absolute Gasteiger partial charge is 0.265 e. The fourth-order valence-electron chi connectivity index (χ4n) is 3.25. The summed E-state index contributed by atoms with van der Waals surface area (Å²) in [5.41, 5.74) is 7.03. The van der Waals surface area contributed by atoms with Gasteiger partial charge in [0.15, 0.2) is 6.10 Å². The molecule has 6 nitrogen and oxygen atoms in total. The second-order valence-electron chi connectivity index (χ2n) is 6.85. The maximum Gasteiger partial charge on any atom is 0.265 e. The summed E-state index contributed by atoms with van der Waals surface area (Å²) in [4.78, 5) is 25.7. The van der Waals surface area contributed by atoms with E-state index in [1.807, 2.05) is 0 Å². The third-order valence-electron chi connectivity index (χ3n) is 4.72. The van der Waals surface area contributed by atoms with E-state index in [0.717, 1.165) is 29.7 Å². The number of fused-ring (bicyclic) bond motifs is 1. The molecule has 0 aliphatic heterocycles. The Kier molecular flexibility index (Phi) is 5.70. The number of methoxy groups -OCH3 is 1. The molecule has 1 heterocycles. The monoisotopic (exact) mass is 388 g/mol. The van der Waals surface area contributed by atoms with Crippen molar-refractivity contribution in [2.45, 2.75) is 39.2 Å². The summed E-state index contributed by atoms with van der Waals surface area (Å²) in [7, 11) is 1.57. The molecule has 0 fully saturated rings. The maximum absolute atomic E-state index is 12.6. The van der Waals surface area contributed by atoms with E-state index >= 15 is 0 Å². The highest BCUT2D eigenvalue weighted by Gasteiger charge is 2.28. The number of hydrogen-bond acceptors (Lipinski definition) is 5. The van der Waals surface area contributed by atoms with Crippen LogP contribution in [0, 0.1) is 5.92 Å². The molecule has 0 radical (unpaired) electrons. The van der Waals surface area contributed by atoms with Crippen LogP contribution in [0.2, 0.25) is 0 Å². The van der Waals surface area contributed by atoms with Gasteiger partial charge in [-0.05, 0) is 49.8 Å². The van der Waals surface area contributed by atoms with Gasteiger partial charge < -0.3 is 20.5 Å². The van der Waals surface area contributed by atoms with Crippen LogP contribution < -0.4 is 20.5 Å². The van der Waals surface area contributed by atoms with Crippen molar-refractivity contribution < 1.29 is 19.1 Å². The van der Waals surface area contributed by atoms with E-state index in [9.17, 15) is 9.59 Å². The lowest BCUT2D eigenvalue weighted by Gasteiger charge is -2.18. The van der Waals surface area contributed by atoms with Crippen molar-refractivity contribution in [3.05, 3.63) is 40.3 Å². The van der Waals surface area contributed by atoms with Gasteiger partial charge in [0.2, 0.25) is 0 Å². The number of primary amides is 1. The van der Waals surface area contributed by atoms with Crippen molar-refractivity contribution in [2.24, 2.45) is 11.7 Å². The van der Waals surface area contributed by atoms with E-state index in [4.69, 9.17) is 15.2 Å². The van der Waals surface area contributed by atoms with E-state index in [-0.39, 0.29) is 5.91 Å². The number of amides is 2. The highest BCUT2D eigenvalue weighted by Crippen LogP contribution is 2.39. The summed E-state index contributed by atoms with van der Waals surface area (Å²) in [6.07, 6.45) is 2.01. The van der Waals surface area contributed by atoms with E-state index in [0.29, 0.717) is 28.0 Å². The Balaban J connectivity index is 1.76. The fraction of sp³-hybridized carbons (Fsp3) is 0.400. The summed E-state index contributed by atoms with van der Waals surface area (Å²) in [6, 6.07) is 7.06. The molecule has 0 saturated carbocycles. The van der Waals surface area contributed by atoms with Gasteiger partial charge in [-0.3, -0.25) is 9.59 Å². The van der Waals surface area contributed by atoms with Gasteiger partial charge in [0, 0.05) is 10.9 Å². The first-order valence-electron chi connectivity index (χ1n) is 8.95. The number of benzene rings is 1. The molecule has 144 valence electrons. The Bertz CT molecular complexity index is 862. The lowest BCUT2D eigenvalue weighted by Crippen LogP contribution is -2.30. The SMILES string of the molecule is COc1cccc(OC(C)C(=O)Nc2sc3c(c2C(N)=O)CCC(C)C3)c1. The molecule has 27 heavy (non-hydrogen) atoms. The average Bonchev–Trinajstić information content (AvgIpc) is 2.98. The lowest BCUT2D eigenvalue weighted by atomic mass is 9.88. The molecule has 1 aliphatic carbocycles. The summed E-state index contributed by atoms with van der Waals surface area (Å²) in [6.45, 7) is 3.85. The van der Waals surface area contributed by atoms with E-state index in [2.05, 4.69) is 12.2 Å². The number of rotatable bonds is 6. The zero-order valence-corrected chi connectivity index (χ0v) is 16.5. The van der Waals surface area contributed by atoms with Crippen LogP contribution in [0.1, 0.15) is 41.1 Å². The summed E-state index contributed by atoms with van der Waals surface area (Å²) >= 11 is 1.44. The summed E-state index contributed by atoms with van der Waals surface area (Å²) in [5.74, 6) is 0.920. The Morgan fingerprint density at radius 2 is 2.07 bits per heavy atom. The Morgan fingerprint density at radius 1 is 1.33 bits per heavy atom. The Morgan fingerprint density at radius 3 is 2.78 bits per heavy atom. The molecule has 2 unspecified atom stereocenters. The highest BCUT2D eigenvalue weighted by molar-refractivity contribution is 7.17. The molecule has 1 aromatic carbocycles. The first kappa shape index (κ1) is 19.2. The number of thiophene rings is 1. The molecule has 2 atom stereocenters. The van der Waals surface area contributed by atoms with Gasteiger partial charge in [0.05, 0.1) is 12.7 Å². The van der Waals surface area contributed by atoms with Crippen LogP contribution in [0.4, 0.5) is 5.00 Å². The quantitative estimate of drug-likeness (QED) is 0.794. The van der Waals surface area contributed by atoms with Crippen molar-refractivity contribution >= 4 is 28.2 Å². The minimum absolute atomic E-state index is 0.327. The van der Waals surface area contributed by atoms with Gasteiger partial charge in [-0.25, -0.2) is 0 Å². The van der Waals surface area contributed by atoms with Gasteiger partial charge in [-0.15, -0.1) is 11.3 Å². The second-order valence-corrected chi connectivity index (χ2v) is 7.95. The molecule has 0 bridgehead atoms. The number of hydrogen-bond donors (Lipinski definition) is 2. The summed E-state index contributed by atoms with van der Waals surface area (Å²) in [5, 5.41) is 3.36. The lowest BCUT2D eigenvalue weighted by molar-refractivity contribution is -0.122.